The van der Waals surface area contributed by atoms with E-state index in [-0.39, 0.29) is 24.7 Å². The van der Waals surface area contributed by atoms with Gasteiger partial charge < -0.3 is 14.8 Å². The Balaban J connectivity index is 1.74. The molecule has 0 fully saturated rings. The SMILES string of the molecule is COc1cc(-c2ccc(F)cc2)cc2c(NC(C)/C3=N/C(C(F)(F)F)=C/CCCO3)ncnc12. The van der Waals surface area contributed by atoms with Crippen molar-refractivity contribution in [1.82, 2.24) is 9.97 Å². The summed E-state index contributed by atoms with van der Waals surface area (Å²) < 4.78 is 64.4. The highest BCUT2D eigenvalue weighted by Crippen LogP contribution is 2.34. The van der Waals surface area contributed by atoms with Gasteiger partial charge in [0.1, 0.15) is 41.0 Å². The molecule has 1 atom stereocenters. The van der Waals surface area contributed by atoms with Crippen molar-refractivity contribution in [3.63, 3.8) is 0 Å². The summed E-state index contributed by atoms with van der Waals surface area (Å²) in [6.07, 6.45) is -1.49. The highest BCUT2D eigenvalue weighted by atomic mass is 19.4. The quantitative estimate of drug-likeness (QED) is 0.467. The predicted molar refractivity (Wildman–Crippen MR) is 121 cm³/mol. The summed E-state index contributed by atoms with van der Waals surface area (Å²) >= 11 is 0. The van der Waals surface area contributed by atoms with Crippen LogP contribution < -0.4 is 10.1 Å². The van der Waals surface area contributed by atoms with Gasteiger partial charge in [0.05, 0.1) is 13.7 Å². The normalized spacial score (nSPS) is 18.5. The van der Waals surface area contributed by atoms with E-state index < -0.39 is 17.9 Å². The molecule has 1 aromatic heterocycles. The average Bonchev–Trinajstić information content (AvgIpc) is 2.78. The number of hydrogen-bond donors (Lipinski definition) is 1. The third-order valence-electron chi connectivity index (χ3n) is 5.28. The van der Waals surface area contributed by atoms with Gasteiger partial charge >= 0.3 is 6.18 Å². The smallest absolute Gasteiger partial charge is 0.433 e. The maximum Gasteiger partial charge on any atom is 0.433 e. The number of aliphatic imine (C=N–C) groups is 1. The first-order valence-corrected chi connectivity index (χ1v) is 10.6. The number of methoxy groups -OCH3 is 1. The largest absolute Gasteiger partial charge is 0.494 e. The van der Waals surface area contributed by atoms with Crippen LogP contribution >= 0.6 is 0 Å². The maximum absolute atomic E-state index is 13.4. The molecule has 3 aromatic rings. The minimum atomic E-state index is -4.58. The predicted octanol–water partition coefficient (Wildman–Crippen LogP) is 5.90. The molecule has 0 aliphatic carbocycles. The third kappa shape index (κ3) is 5.11. The number of hydrogen-bond acceptors (Lipinski definition) is 6. The summed E-state index contributed by atoms with van der Waals surface area (Å²) in [5.41, 5.74) is 1.01. The van der Waals surface area contributed by atoms with Crippen LogP contribution in [0.25, 0.3) is 22.0 Å². The van der Waals surface area contributed by atoms with E-state index >= 15 is 0 Å². The number of fused-ring (bicyclic) bond motifs is 1. The number of aromatic nitrogens is 2. The van der Waals surface area contributed by atoms with Crippen LogP contribution in [-0.4, -0.2) is 41.8 Å². The topological polar surface area (TPSA) is 68.6 Å². The molecule has 6 nitrogen and oxygen atoms in total. The summed E-state index contributed by atoms with van der Waals surface area (Å²) in [6, 6.07) is 8.84. The Kier molecular flexibility index (Phi) is 6.67. The lowest BCUT2D eigenvalue weighted by Gasteiger charge is -2.21. The van der Waals surface area contributed by atoms with Gasteiger partial charge in [-0.3, -0.25) is 0 Å². The van der Waals surface area contributed by atoms with Crippen LogP contribution in [0.1, 0.15) is 19.8 Å². The molecule has 178 valence electrons. The Morgan fingerprint density at radius 1 is 1.09 bits per heavy atom. The van der Waals surface area contributed by atoms with Crippen molar-refractivity contribution < 1.29 is 27.0 Å². The number of anilines is 1. The summed E-state index contributed by atoms with van der Waals surface area (Å²) in [5.74, 6) is 0.391. The Labute approximate surface area is 193 Å². The van der Waals surface area contributed by atoms with Crippen LogP contribution in [0, 0.1) is 5.82 Å². The second-order valence-corrected chi connectivity index (χ2v) is 7.70. The molecule has 34 heavy (non-hydrogen) atoms. The number of benzene rings is 2. The van der Waals surface area contributed by atoms with Crippen LogP contribution in [0.5, 0.6) is 5.75 Å². The molecule has 0 saturated heterocycles. The molecule has 1 N–H and O–H groups in total. The number of nitrogens with one attached hydrogen (secondary N) is 1. The van der Waals surface area contributed by atoms with Crippen molar-refractivity contribution in [2.75, 3.05) is 19.0 Å². The monoisotopic (exact) mass is 474 g/mol. The van der Waals surface area contributed by atoms with Gasteiger partial charge in [0.2, 0.25) is 5.90 Å². The van der Waals surface area contributed by atoms with Gasteiger partial charge in [0.25, 0.3) is 0 Å². The highest BCUT2D eigenvalue weighted by Gasteiger charge is 2.35. The van der Waals surface area contributed by atoms with Crippen LogP contribution in [0.3, 0.4) is 0 Å². The molecule has 2 heterocycles. The Hall–Kier alpha value is -3.69. The van der Waals surface area contributed by atoms with Gasteiger partial charge in [-0.1, -0.05) is 18.2 Å². The van der Waals surface area contributed by atoms with Gasteiger partial charge in [-0.25, -0.2) is 19.4 Å². The van der Waals surface area contributed by atoms with Crippen molar-refractivity contribution >= 4 is 22.6 Å². The van der Waals surface area contributed by atoms with E-state index in [0.717, 1.165) is 17.2 Å². The van der Waals surface area contributed by atoms with Crippen molar-refractivity contribution in [2.24, 2.45) is 4.99 Å². The number of rotatable bonds is 5. The standard InChI is InChI=1S/C24H22F4N4O2/c1-14(23-32-20(24(26,27)28)5-3-4-10-34-23)31-22-18-11-16(15-6-8-17(25)9-7-15)12-19(33-2)21(18)29-13-30-22/h5-9,11-14H,3-4,10H2,1-2H3,(H,29,30,31)/b20-5+,32-23-. The minimum Gasteiger partial charge on any atom is -0.494 e. The Morgan fingerprint density at radius 2 is 1.85 bits per heavy atom. The lowest BCUT2D eigenvalue weighted by molar-refractivity contribution is -0.0929. The lowest BCUT2D eigenvalue weighted by Crippen LogP contribution is -2.31. The van der Waals surface area contributed by atoms with E-state index in [1.165, 1.54) is 25.6 Å². The average molecular weight is 474 g/mol. The van der Waals surface area contributed by atoms with Gasteiger partial charge in [0.15, 0.2) is 0 Å². The Morgan fingerprint density at radius 3 is 2.56 bits per heavy atom. The van der Waals surface area contributed by atoms with E-state index in [4.69, 9.17) is 9.47 Å². The van der Waals surface area contributed by atoms with E-state index in [1.807, 2.05) is 6.07 Å². The molecule has 4 rings (SSSR count). The molecular formula is C24H22F4N4O2. The zero-order valence-corrected chi connectivity index (χ0v) is 18.5. The van der Waals surface area contributed by atoms with Crippen molar-refractivity contribution in [3.8, 4) is 16.9 Å². The molecule has 1 aliphatic rings. The number of allylic oxidation sites excluding steroid dienone is 2. The summed E-state index contributed by atoms with van der Waals surface area (Å²) in [4.78, 5) is 12.3. The molecule has 0 bridgehead atoms. The molecular weight excluding hydrogens is 452 g/mol. The van der Waals surface area contributed by atoms with E-state index in [1.54, 1.807) is 25.1 Å². The first kappa shape index (κ1) is 23.5. The zero-order chi connectivity index (χ0) is 24.3. The van der Waals surface area contributed by atoms with Crippen LogP contribution in [0.15, 0.2) is 59.5 Å². The van der Waals surface area contributed by atoms with Gasteiger partial charge in [0, 0.05) is 5.39 Å². The molecule has 0 radical (unpaired) electrons. The number of alkyl halides is 3. The second kappa shape index (κ2) is 9.66. The molecule has 1 aliphatic heterocycles. The lowest BCUT2D eigenvalue weighted by atomic mass is 10.0. The van der Waals surface area contributed by atoms with Gasteiger partial charge in [-0.15, -0.1) is 0 Å². The maximum atomic E-state index is 13.4. The van der Waals surface area contributed by atoms with E-state index in [9.17, 15) is 17.6 Å². The fraction of sp³-hybridized carbons (Fsp3) is 0.292. The van der Waals surface area contributed by atoms with Crippen molar-refractivity contribution in [2.45, 2.75) is 32.0 Å². The van der Waals surface area contributed by atoms with Crippen LogP contribution in [0.4, 0.5) is 23.4 Å². The van der Waals surface area contributed by atoms with E-state index in [2.05, 4.69) is 20.3 Å². The van der Waals surface area contributed by atoms with Crippen molar-refractivity contribution in [3.05, 3.63) is 60.3 Å². The van der Waals surface area contributed by atoms with Gasteiger partial charge in [-0.2, -0.15) is 13.2 Å². The zero-order valence-electron chi connectivity index (χ0n) is 18.5. The molecule has 10 heteroatoms. The fourth-order valence-corrected chi connectivity index (χ4v) is 3.58. The van der Waals surface area contributed by atoms with Crippen LogP contribution in [0.2, 0.25) is 0 Å². The number of ether oxygens (including phenoxy) is 2. The third-order valence-corrected chi connectivity index (χ3v) is 5.28. The summed E-state index contributed by atoms with van der Waals surface area (Å²) in [6.45, 7) is 1.89. The molecule has 0 spiro atoms. The molecule has 1 unspecified atom stereocenters. The summed E-state index contributed by atoms with van der Waals surface area (Å²) in [5, 5.41) is 3.67. The number of nitrogens with zero attached hydrogens (tertiary/aromatic N) is 3. The molecule has 0 saturated carbocycles. The molecule has 2 aromatic carbocycles. The fourth-order valence-electron chi connectivity index (χ4n) is 3.58. The second-order valence-electron chi connectivity index (χ2n) is 7.70. The molecule has 0 amide bonds. The number of halogens is 4. The Bertz CT molecular complexity index is 1240. The first-order chi connectivity index (χ1) is 16.3. The van der Waals surface area contributed by atoms with Gasteiger partial charge in [-0.05, 0) is 55.2 Å². The minimum absolute atomic E-state index is 0.0864. The summed E-state index contributed by atoms with van der Waals surface area (Å²) in [7, 11) is 1.50. The highest BCUT2D eigenvalue weighted by molar-refractivity contribution is 5.98. The van der Waals surface area contributed by atoms with Crippen molar-refractivity contribution in [1.29, 1.82) is 0 Å². The first-order valence-electron chi connectivity index (χ1n) is 10.6. The van der Waals surface area contributed by atoms with E-state index in [0.29, 0.717) is 28.9 Å². The van der Waals surface area contributed by atoms with Crippen LogP contribution in [-0.2, 0) is 4.74 Å².